The van der Waals surface area contributed by atoms with E-state index in [4.69, 9.17) is 9.47 Å². The van der Waals surface area contributed by atoms with Gasteiger partial charge in [-0.2, -0.15) is 0 Å². The molecule has 0 aromatic carbocycles. The van der Waals surface area contributed by atoms with Crippen LogP contribution in [0, 0.1) is 40.4 Å². The van der Waals surface area contributed by atoms with E-state index in [1.807, 2.05) is 6.08 Å². The fraction of sp³-hybridized carbons (Fsp3) is 0.920. The first-order valence-electron chi connectivity index (χ1n) is 11.9. The minimum atomic E-state index is -0.621. The van der Waals surface area contributed by atoms with Crippen LogP contribution in [-0.2, 0) is 9.47 Å². The Bertz CT molecular complexity index is 640. The van der Waals surface area contributed by atoms with Crippen molar-refractivity contribution >= 4 is 0 Å². The zero-order valence-corrected chi connectivity index (χ0v) is 18.2. The monoisotopic (exact) mass is 388 g/mol. The summed E-state index contributed by atoms with van der Waals surface area (Å²) in [4.78, 5) is 0. The third-order valence-electron chi connectivity index (χ3n) is 10.6. The lowest BCUT2D eigenvalue weighted by molar-refractivity contribution is -0.219. The maximum Gasteiger partial charge on any atom is 0.169 e. The molecule has 1 N–H and O–H groups in total. The van der Waals surface area contributed by atoms with Gasteiger partial charge in [0.05, 0.1) is 18.8 Å². The van der Waals surface area contributed by atoms with Gasteiger partial charge in [-0.25, -0.2) is 0 Å². The number of hydrogen-bond acceptors (Lipinski definition) is 3. The van der Waals surface area contributed by atoms with E-state index in [-0.39, 0.29) is 5.79 Å². The second kappa shape index (κ2) is 6.31. The average molecular weight is 389 g/mol. The molecule has 5 aliphatic rings. The summed E-state index contributed by atoms with van der Waals surface area (Å²) >= 11 is 0. The van der Waals surface area contributed by atoms with Gasteiger partial charge in [0.1, 0.15) is 0 Å². The Morgan fingerprint density at radius 1 is 0.857 bits per heavy atom. The Labute approximate surface area is 171 Å². The summed E-state index contributed by atoms with van der Waals surface area (Å²) < 4.78 is 12.3. The molecule has 0 amide bonds. The van der Waals surface area contributed by atoms with Crippen molar-refractivity contribution in [2.45, 2.75) is 89.9 Å². The molecule has 0 spiro atoms. The molecule has 158 valence electrons. The van der Waals surface area contributed by atoms with Gasteiger partial charge in [0.15, 0.2) is 5.79 Å². The average Bonchev–Trinajstić information content (AvgIpc) is 3.26. The molecule has 0 radical (unpaired) electrons. The molecule has 4 saturated carbocycles. The summed E-state index contributed by atoms with van der Waals surface area (Å²) in [7, 11) is 0. The predicted molar refractivity (Wildman–Crippen MR) is 111 cm³/mol. The van der Waals surface area contributed by atoms with Gasteiger partial charge in [-0.3, -0.25) is 0 Å². The van der Waals surface area contributed by atoms with E-state index in [9.17, 15) is 5.11 Å². The van der Waals surface area contributed by atoms with Crippen molar-refractivity contribution in [2.24, 2.45) is 40.4 Å². The van der Waals surface area contributed by atoms with Crippen molar-refractivity contribution < 1.29 is 14.6 Å². The van der Waals surface area contributed by atoms with Crippen molar-refractivity contribution in [3.63, 3.8) is 0 Å². The Hall–Kier alpha value is -0.380. The highest BCUT2D eigenvalue weighted by Crippen LogP contribution is 2.69. The van der Waals surface area contributed by atoms with E-state index in [1.54, 1.807) is 0 Å². The van der Waals surface area contributed by atoms with Crippen molar-refractivity contribution in [3.8, 4) is 0 Å². The van der Waals surface area contributed by atoms with E-state index >= 15 is 0 Å². The summed E-state index contributed by atoms with van der Waals surface area (Å²) in [5.74, 6) is 3.34. The molecule has 0 aromatic heterocycles. The SMILES string of the molecule is C=C[C@]1(O)CC[C@@]2(C)[C@H](CC[C@@H]3[C@@H]2CC[C@]2(C)[C@@H](C4(C)OCCO4)CC[C@@H]32)C1. The van der Waals surface area contributed by atoms with E-state index < -0.39 is 5.60 Å². The molecule has 1 heterocycles. The molecule has 28 heavy (non-hydrogen) atoms. The largest absolute Gasteiger partial charge is 0.386 e. The first kappa shape index (κ1) is 19.6. The van der Waals surface area contributed by atoms with Gasteiger partial charge < -0.3 is 14.6 Å². The second-order valence-corrected chi connectivity index (χ2v) is 11.6. The molecule has 4 aliphatic carbocycles. The van der Waals surface area contributed by atoms with Crippen LogP contribution in [0.2, 0.25) is 0 Å². The van der Waals surface area contributed by atoms with Gasteiger partial charge in [-0.05, 0) is 99.2 Å². The fourth-order valence-electron chi connectivity index (χ4n) is 9.05. The van der Waals surface area contributed by atoms with Gasteiger partial charge in [-0.15, -0.1) is 6.58 Å². The zero-order chi connectivity index (χ0) is 19.8. The number of aliphatic hydroxyl groups is 1. The molecule has 1 saturated heterocycles. The van der Waals surface area contributed by atoms with Gasteiger partial charge >= 0.3 is 0 Å². The maximum absolute atomic E-state index is 10.9. The molecule has 8 atom stereocenters. The van der Waals surface area contributed by atoms with Crippen LogP contribution in [0.1, 0.15) is 78.6 Å². The molecule has 3 nitrogen and oxygen atoms in total. The van der Waals surface area contributed by atoms with Crippen LogP contribution in [0.15, 0.2) is 12.7 Å². The summed E-state index contributed by atoms with van der Waals surface area (Å²) in [6, 6.07) is 0. The number of ether oxygens (including phenoxy) is 2. The smallest absolute Gasteiger partial charge is 0.169 e. The molecule has 0 unspecified atom stereocenters. The Morgan fingerprint density at radius 2 is 1.57 bits per heavy atom. The topological polar surface area (TPSA) is 38.7 Å². The molecular weight excluding hydrogens is 348 g/mol. The quantitative estimate of drug-likeness (QED) is 0.650. The molecule has 3 heteroatoms. The fourth-order valence-corrected chi connectivity index (χ4v) is 9.05. The normalized spacial score (nSPS) is 55.2. The van der Waals surface area contributed by atoms with Gasteiger partial charge in [0, 0.05) is 5.92 Å². The summed E-state index contributed by atoms with van der Waals surface area (Å²) in [5, 5.41) is 10.9. The highest BCUT2D eigenvalue weighted by atomic mass is 16.7. The van der Waals surface area contributed by atoms with E-state index in [1.165, 1.54) is 38.5 Å². The van der Waals surface area contributed by atoms with E-state index in [2.05, 4.69) is 27.4 Å². The van der Waals surface area contributed by atoms with Crippen LogP contribution >= 0.6 is 0 Å². The van der Waals surface area contributed by atoms with Crippen LogP contribution in [0.25, 0.3) is 0 Å². The van der Waals surface area contributed by atoms with Crippen LogP contribution in [-0.4, -0.2) is 29.7 Å². The molecule has 5 fully saturated rings. The standard InChI is InChI=1S/C25H40O3/c1-5-25(26)13-12-22(2)17(16-25)6-7-18-19-8-9-21(24(4)27-14-15-28-24)23(19,3)11-10-20(18)22/h5,17-21,26H,1,6-16H2,2-4H3/t17-,18+,19+,20+,21+,22+,23+,25+/m1/s1. The lowest BCUT2D eigenvalue weighted by Gasteiger charge is -2.62. The highest BCUT2D eigenvalue weighted by molar-refractivity contribution is 5.13. The van der Waals surface area contributed by atoms with Crippen LogP contribution in [0.4, 0.5) is 0 Å². The van der Waals surface area contributed by atoms with Crippen molar-refractivity contribution in [3.05, 3.63) is 12.7 Å². The van der Waals surface area contributed by atoms with E-state index in [0.29, 0.717) is 22.7 Å². The number of fused-ring (bicyclic) bond motifs is 5. The Kier molecular flexibility index (Phi) is 4.41. The summed E-state index contributed by atoms with van der Waals surface area (Å²) in [6.07, 6.45) is 12.7. The zero-order valence-electron chi connectivity index (χ0n) is 18.2. The third kappa shape index (κ3) is 2.58. The molecule has 5 rings (SSSR count). The minimum absolute atomic E-state index is 0.358. The van der Waals surface area contributed by atoms with Gasteiger partial charge in [-0.1, -0.05) is 19.9 Å². The first-order valence-corrected chi connectivity index (χ1v) is 11.9. The first-order chi connectivity index (χ1) is 13.2. The number of hydrogen-bond donors (Lipinski definition) is 1. The molecular formula is C25H40O3. The van der Waals surface area contributed by atoms with Crippen molar-refractivity contribution in [1.82, 2.24) is 0 Å². The summed E-state index contributed by atoms with van der Waals surface area (Å²) in [6.45, 7) is 12.8. The second-order valence-electron chi connectivity index (χ2n) is 11.6. The predicted octanol–water partition coefficient (Wildman–Crippen LogP) is 5.33. The van der Waals surface area contributed by atoms with Crippen LogP contribution < -0.4 is 0 Å². The lowest BCUT2D eigenvalue weighted by Crippen LogP contribution is -2.56. The highest BCUT2D eigenvalue weighted by Gasteiger charge is 2.64. The minimum Gasteiger partial charge on any atom is -0.386 e. The lowest BCUT2D eigenvalue weighted by atomic mass is 9.43. The van der Waals surface area contributed by atoms with Gasteiger partial charge in [0.25, 0.3) is 0 Å². The maximum atomic E-state index is 10.9. The van der Waals surface area contributed by atoms with Crippen molar-refractivity contribution in [1.29, 1.82) is 0 Å². The van der Waals surface area contributed by atoms with E-state index in [0.717, 1.165) is 50.2 Å². The van der Waals surface area contributed by atoms with Crippen molar-refractivity contribution in [2.75, 3.05) is 13.2 Å². The third-order valence-corrected chi connectivity index (χ3v) is 10.6. The number of rotatable bonds is 2. The van der Waals surface area contributed by atoms with Crippen LogP contribution in [0.5, 0.6) is 0 Å². The summed E-state index contributed by atoms with van der Waals surface area (Å²) in [5.41, 5.74) is 0.145. The molecule has 0 aromatic rings. The molecule has 1 aliphatic heterocycles. The van der Waals surface area contributed by atoms with Gasteiger partial charge in [0.2, 0.25) is 0 Å². The Balaban J connectivity index is 1.40. The molecule has 0 bridgehead atoms. The van der Waals surface area contributed by atoms with Crippen LogP contribution in [0.3, 0.4) is 0 Å². The Morgan fingerprint density at radius 3 is 2.29 bits per heavy atom.